The third kappa shape index (κ3) is 3.50. The number of fused-ring (bicyclic) bond motifs is 4. The Morgan fingerprint density at radius 1 is 1.44 bits per heavy atom. The molecule has 3 aliphatic heterocycles. The van der Waals surface area contributed by atoms with Crippen LogP contribution in [0.5, 0.6) is 5.75 Å². The lowest BCUT2D eigenvalue weighted by atomic mass is 9.74. The van der Waals surface area contributed by atoms with E-state index in [1.165, 1.54) is 23.7 Å². The topological polar surface area (TPSA) is 42.4 Å². The first-order valence-electron chi connectivity index (χ1n) is 9.57. The van der Waals surface area contributed by atoms with Gasteiger partial charge in [0.05, 0.1) is 17.9 Å². The molecular weight excluding hydrogens is 356 g/mol. The van der Waals surface area contributed by atoms with Crippen LogP contribution >= 0.6 is 11.8 Å². The van der Waals surface area contributed by atoms with Gasteiger partial charge >= 0.3 is 0 Å². The van der Waals surface area contributed by atoms with Crippen LogP contribution in [0.4, 0.5) is 0 Å². The normalized spacial score (nSPS) is 28.1. The molecule has 3 fully saturated rings. The van der Waals surface area contributed by atoms with Gasteiger partial charge in [0.25, 0.3) is 0 Å². The van der Waals surface area contributed by atoms with Gasteiger partial charge < -0.3 is 4.74 Å². The van der Waals surface area contributed by atoms with Crippen LogP contribution in [0.1, 0.15) is 30.6 Å². The van der Waals surface area contributed by atoms with E-state index in [1.807, 2.05) is 24.4 Å². The smallest absolute Gasteiger partial charge is 0.186 e. The molecule has 0 radical (unpaired) electrons. The quantitative estimate of drug-likeness (QED) is 0.714. The van der Waals surface area contributed by atoms with E-state index in [0.29, 0.717) is 17.9 Å². The summed E-state index contributed by atoms with van der Waals surface area (Å²) in [6, 6.07) is 8.43. The van der Waals surface area contributed by atoms with Crippen LogP contribution in [0, 0.1) is 11.8 Å². The van der Waals surface area contributed by atoms with Gasteiger partial charge in [0.15, 0.2) is 5.12 Å². The lowest BCUT2D eigenvalue weighted by molar-refractivity contribution is -0.109. The fraction of sp³-hybridized carbons (Fsp3) is 0.455. The van der Waals surface area contributed by atoms with Crippen molar-refractivity contribution in [2.24, 2.45) is 11.8 Å². The van der Waals surface area contributed by atoms with Gasteiger partial charge in [-0.15, -0.1) is 6.58 Å². The van der Waals surface area contributed by atoms with Gasteiger partial charge in [0.1, 0.15) is 5.75 Å². The van der Waals surface area contributed by atoms with Gasteiger partial charge in [-0.1, -0.05) is 17.8 Å². The molecule has 3 aliphatic rings. The number of carbonyl (C=O) groups is 1. The summed E-state index contributed by atoms with van der Waals surface area (Å²) >= 11 is 1.46. The zero-order valence-electron chi connectivity index (χ0n) is 15.9. The minimum Gasteiger partial charge on any atom is -0.497 e. The molecule has 5 atom stereocenters. The fourth-order valence-electron chi connectivity index (χ4n) is 4.74. The Hall–Kier alpha value is -1.85. The Bertz CT molecular complexity index is 869. The number of aromatic nitrogens is 1. The van der Waals surface area contributed by atoms with Crippen LogP contribution in [-0.4, -0.2) is 41.2 Å². The predicted molar refractivity (Wildman–Crippen MR) is 111 cm³/mol. The van der Waals surface area contributed by atoms with Gasteiger partial charge in [-0.3, -0.25) is 14.7 Å². The molecule has 27 heavy (non-hydrogen) atoms. The van der Waals surface area contributed by atoms with E-state index in [2.05, 4.69) is 28.6 Å². The van der Waals surface area contributed by atoms with Gasteiger partial charge in [-0.05, 0) is 61.1 Å². The third-order valence-corrected chi connectivity index (χ3v) is 7.24. The molecule has 2 bridgehead atoms. The second-order valence-electron chi connectivity index (χ2n) is 7.56. The second-order valence-corrected chi connectivity index (χ2v) is 8.88. The van der Waals surface area contributed by atoms with Crippen molar-refractivity contribution in [3.63, 3.8) is 0 Å². The highest BCUT2D eigenvalue weighted by atomic mass is 32.2. The standard InChI is InChI=1S/C22H26N2O2S/c1-4-15-13-24-10-8-16(15)11-21(24)22(27-14(2)25)18-7-9-23-20-6-5-17(26-3)12-19(18)20/h4-7,9,12,15-16,21-22H,1,8,10-11,13H2,2-3H3/t15-,16-,21+,22-/m0/s1. The number of methoxy groups -OCH3 is 1. The summed E-state index contributed by atoms with van der Waals surface area (Å²) in [5.74, 6) is 2.07. The number of carbonyl (C=O) groups excluding carboxylic acids is 1. The van der Waals surface area contributed by atoms with E-state index in [9.17, 15) is 4.79 Å². The minimum absolute atomic E-state index is 0.105. The van der Waals surface area contributed by atoms with Crippen molar-refractivity contribution in [3.05, 3.63) is 48.7 Å². The van der Waals surface area contributed by atoms with E-state index in [4.69, 9.17) is 4.74 Å². The number of benzene rings is 1. The molecule has 2 aromatic rings. The van der Waals surface area contributed by atoms with E-state index in [-0.39, 0.29) is 10.4 Å². The molecule has 5 heteroatoms. The Kier molecular flexibility index (Phi) is 5.24. The van der Waals surface area contributed by atoms with Crippen LogP contribution in [0.3, 0.4) is 0 Å². The molecule has 4 heterocycles. The SMILES string of the molecule is C=C[C@H]1CN2CC[C@H]1C[C@@H]2[C@@H](SC(C)=O)c1ccnc2ccc(OC)cc12. The highest BCUT2D eigenvalue weighted by Gasteiger charge is 2.43. The molecule has 5 rings (SSSR count). The molecule has 0 N–H and O–H groups in total. The van der Waals surface area contributed by atoms with E-state index in [0.717, 1.165) is 36.2 Å². The molecule has 4 nitrogen and oxygen atoms in total. The molecule has 0 saturated carbocycles. The number of hydrogen-bond acceptors (Lipinski definition) is 5. The first-order valence-corrected chi connectivity index (χ1v) is 10.4. The summed E-state index contributed by atoms with van der Waals surface area (Å²) in [4.78, 5) is 19.2. The maximum atomic E-state index is 12.1. The number of rotatable bonds is 5. The molecular formula is C22H26N2O2S. The van der Waals surface area contributed by atoms with Crippen molar-refractivity contribution < 1.29 is 9.53 Å². The largest absolute Gasteiger partial charge is 0.497 e. The number of pyridine rings is 1. The maximum absolute atomic E-state index is 12.1. The van der Waals surface area contributed by atoms with Crippen LogP contribution in [-0.2, 0) is 4.79 Å². The fourth-order valence-corrected chi connectivity index (χ4v) is 5.87. The maximum Gasteiger partial charge on any atom is 0.186 e. The van der Waals surface area contributed by atoms with E-state index >= 15 is 0 Å². The predicted octanol–water partition coefficient (Wildman–Crippen LogP) is 4.46. The van der Waals surface area contributed by atoms with Gasteiger partial charge in [0, 0.05) is 31.1 Å². The van der Waals surface area contributed by atoms with Crippen LogP contribution < -0.4 is 4.74 Å². The molecule has 1 unspecified atom stereocenters. The summed E-state index contributed by atoms with van der Waals surface area (Å²) < 4.78 is 5.44. The number of ether oxygens (including phenoxy) is 1. The number of thioether (sulfide) groups is 1. The Morgan fingerprint density at radius 3 is 2.96 bits per heavy atom. The highest BCUT2D eigenvalue weighted by Crippen LogP contribution is 2.47. The first-order chi connectivity index (χ1) is 13.1. The van der Waals surface area contributed by atoms with Gasteiger partial charge in [-0.2, -0.15) is 0 Å². The Balaban J connectivity index is 1.76. The van der Waals surface area contributed by atoms with Crippen molar-refractivity contribution in [1.29, 1.82) is 0 Å². The summed E-state index contributed by atoms with van der Waals surface area (Å²) in [6.45, 7) is 7.87. The van der Waals surface area contributed by atoms with Crippen molar-refractivity contribution in [1.82, 2.24) is 9.88 Å². The van der Waals surface area contributed by atoms with Crippen LogP contribution in [0.2, 0.25) is 0 Å². The summed E-state index contributed by atoms with van der Waals surface area (Å²) in [5, 5.41) is 1.35. The molecule has 1 aromatic carbocycles. The van der Waals surface area contributed by atoms with Gasteiger partial charge in [0.2, 0.25) is 0 Å². The third-order valence-electron chi connectivity index (χ3n) is 6.09. The van der Waals surface area contributed by atoms with Crippen molar-refractivity contribution >= 4 is 27.8 Å². The van der Waals surface area contributed by atoms with Crippen molar-refractivity contribution in [2.75, 3.05) is 20.2 Å². The first kappa shape index (κ1) is 18.5. The number of piperidine rings is 3. The zero-order valence-corrected chi connectivity index (χ0v) is 16.7. The molecule has 142 valence electrons. The number of nitrogens with zero attached hydrogens (tertiary/aromatic N) is 2. The average molecular weight is 383 g/mol. The zero-order chi connectivity index (χ0) is 19.0. The average Bonchev–Trinajstić information content (AvgIpc) is 2.71. The minimum atomic E-state index is 0.105. The second kappa shape index (κ2) is 7.64. The Labute approximate surface area is 165 Å². The monoisotopic (exact) mass is 382 g/mol. The molecule has 0 aliphatic carbocycles. The summed E-state index contributed by atoms with van der Waals surface area (Å²) in [6.07, 6.45) is 6.33. The van der Waals surface area contributed by atoms with E-state index < -0.39 is 0 Å². The molecule has 0 spiro atoms. The molecule has 1 aromatic heterocycles. The van der Waals surface area contributed by atoms with Crippen LogP contribution in [0.15, 0.2) is 43.1 Å². The molecule has 0 amide bonds. The summed E-state index contributed by atoms with van der Waals surface area (Å²) in [7, 11) is 1.68. The number of hydrogen-bond donors (Lipinski definition) is 0. The van der Waals surface area contributed by atoms with Crippen molar-refractivity contribution in [2.45, 2.75) is 31.1 Å². The lowest BCUT2D eigenvalue weighted by Crippen LogP contribution is -2.54. The van der Waals surface area contributed by atoms with Crippen LogP contribution in [0.25, 0.3) is 10.9 Å². The Morgan fingerprint density at radius 2 is 2.30 bits per heavy atom. The van der Waals surface area contributed by atoms with Gasteiger partial charge in [-0.25, -0.2) is 0 Å². The molecule has 3 saturated heterocycles. The van der Waals surface area contributed by atoms with E-state index in [1.54, 1.807) is 14.0 Å². The van der Waals surface area contributed by atoms with Crippen molar-refractivity contribution in [3.8, 4) is 5.75 Å². The lowest BCUT2D eigenvalue weighted by Gasteiger charge is -2.51. The summed E-state index contributed by atoms with van der Waals surface area (Å²) in [5.41, 5.74) is 2.13. The highest BCUT2D eigenvalue weighted by molar-refractivity contribution is 8.13.